The summed E-state index contributed by atoms with van der Waals surface area (Å²) in [5.74, 6) is 0.339. The SMILES string of the molecule is CC(C)(C)SC(OC(=O)c1ccccc1)C1CC1. The minimum atomic E-state index is -0.204. The van der Waals surface area contributed by atoms with Gasteiger partial charge in [-0.2, -0.15) is 0 Å². The lowest BCUT2D eigenvalue weighted by molar-refractivity contribution is 0.0428. The molecular formula is C15H20O2S. The van der Waals surface area contributed by atoms with E-state index in [0.717, 1.165) is 0 Å². The van der Waals surface area contributed by atoms with Crippen molar-refractivity contribution in [2.75, 3.05) is 0 Å². The average molecular weight is 264 g/mol. The van der Waals surface area contributed by atoms with E-state index in [1.807, 2.05) is 18.2 Å². The zero-order valence-corrected chi connectivity index (χ0v) is 12.0. The Kier molecular flexibility index (Phi) is 4.00. The summed E-state index contributed by atoms with van der Waals surface area (Å²) >= 11 is 1.75. The molecule has 0 aliphatic heterocycles. The molecule has 2 rings (SSSR count). The highest BCUT2D eigenvalue weighted by Gasteiger charge is 2.37. The average Bonchev–Trinajstić information content (AvgIpc) is 3.11. The van der Waals surface area contributed by atoms with E-state index >= 15 is 0 Å². The molecule has 1 unspecified atom stereocenters. The number of rotatable bonds is 4. The Labute approximate surface area is 113 Å². The third kappa shape index (κ3) is 4.05. The van der Waals surface area contributed by atoms with Crippen LogP contribution in [0.1, 0.15) is 44.0 Å². The molecule has 1 fully saturated rings. The normalized spacial score (nSPS) is 17.3. The van der Waals surface area contributed by atoms with Crippen LogP contribution in [0.3, 0.4) is 0 Å². The van der Waals surface area contributed by atoms with Crippen LogP contribution in [0.25, 0.3) is 0 Å². The van der Waals surface area contributed by atoms with Crippen molar-refractivity contribution in [2.45, 2.75) is 43.8 Å². The Balaban J connectivity index is 1.99. The third-order valence-electron chi connectivity index (χ3n) is 2.71. The van der Waals surface area contributed by atoms with Crippen molar-refractivity contribution in [1.29, 1.82) is 0 Å². The largest absolute Gasteiger partial charge is 0.447 e. The summed E-state index contributed by atoms with van der Waals surface area (Å²) in [6, 6.07) is 9.22. The molecule has 0 amide bonds. The molecule has 1 saturated carbocycles. The summed E-state index contributed by atoms with van der Waals surface area (Å²) in [6.07, 6.45) is 2.35. The first-order valence-corrected chi connectivity index (χ1v) is 7.27. The molecule has 18 heavy (non-hydrogen) atoms. The summed E-state index contributed by atoms with van der Waals surface area (Å²) in [5, 5.41) is 0. The predicted octanol–water partition coefficient (Wildman–Crippen LogP) is 4.11. The monoisotopic (exact) mass is 264 g/mol. The van der Waals surface area contributed by atoms with Gasteiger partial charge in [-0.05, 0) is 25.0 Å². The lowest BCUT2D eigenvalue weighted by Crippen LogP contribution is -2.23. The van der Waals surface area contributed by atoms with Crippen LogP contribution in [0, 0.1) is 5.92 Å². The van der Waals surface area contributed by atoms with Gasteiger partial charge in [-0.3, -0.25) is 0 Å². The highest BCUT2D eigenvalue weighted by atomic mass is 32.2. The Bertz CT molecular complexity index is 404. The summed E-state index contributed by atoms with van der Waals surface area (Å²) < 4.78 is 5.78. The molecule has 1 aliphatic carbocycles. The van der Waals surface area contributed by atoms with Gasteiger partial charge < -0.3 is 4.74 Å². The first kappa shape index (κ1) is 13.5. The lowest BCUT2D eigenvalue weighted by atomic mass is 10.2. The van der Waals surface area contributed by atoms with Crippen LogP contribution in [-0.4, -0.2) is 16.2 Å². The van der Waals surface area contributed by atoms with E-state index in [1.54, 1.807) is 23.9 Å². The fraction of sp³-hybridized carbons (Fsp3) is 0.533. The molecule has 0 bridgehead atoms. The van der Waals surface area contributed by atoms with Crippen molar-refractivity contribution in [3.63, 3.8) is 0 Å². The Morgan fingerprint density at radius 2 is 1.89 bits per heavy atom. The van der Waals surface area contributed by atoms with Gasteiger partial charge in [0.2, 0.25) is 0 Å². The standard InChI is InChI=1S/C15H20O2S/c1-15(2,3)18-14(12-9-10-12)17-13(16)11-7-5-4-6-8-11/h4-8,12,14H,9-10H2,1-3H3. The number of carbonyl (C=O) groups is 1. The minimum absolute atomic E-state index is 0.00212. The fourth-order valence-electron chi connectivity index (χ4n) is 1.68. The number of hydrogen-bond donors (Lipinski definition) is 0. The van der Waals surface area contributed by atoms with Crippen LogP contribution in [-0.2, 0) is 4.74 Å². The third-order valence-corrected chi connectivity index (χ3v) is 4.13. The van der Waals surface area contributed by atoms with Gasteiger partial charge in [-0.15, -0.1) is 11.8 Å². The van der Waals surface area contributed by atoms with E-state index in [0.29, 0.717) is 11.5 Å². The van der Waals surface area contributed by atoms with Crippen molar-refractivity contribution >= 4 is 17.7 Å². The number of ether oxygens (including phenoxy) is 1. The molecule has 1 aromatic rings. The topological polar surface area (TPSA) is 26.3 Å². The molecule has 98 valence electrons. The molecule has 0 heterocycles. The first-order chi connectivity index (χ1) is 8.46. The van der Waals surface area contributed by atoms with Crippen LogP contribution >= 0.6 is 11.8 Å². The van der Waals surface area contributed by atoms with E-state index in [2.05, 4.69) is 20.8 Å². The van der Waals surface area contributed by atoms with Gasteiger partial charge in [0.1, 0.15) is 0 Å². The van der Waals surface area contributed by atoms with Crippen molar-refractivity contribution in [3.05, 3.63) is 35.9 Å². The number of esters is 1. The van der Waals surface area contributed by atoms with Crippen molar-refractivity contribution < 1.29 is 9.53 Å². The van der Waals surface area contributed by atoms with Crippen LogP contribution in [0.2, 0.25) is 0 Å². The van der Waals surface area contributed by atoms with Crippen LogP contribution in [0.5, 0.6) is 0 Å². The van der Waals surface area contributed by atoms with Gasteiger partial charge in [-0.1, -0.05) is 39.0 Å². The number of benzene rings is 1. The summed E-state index contributed by atoms with van der Waals surface area (Å²) in [4.78, 5) is 12.0. The first-order valence-electron chi connectivity index (χ1n) is 6.39. The maximum absolute atomic E-state index is 12.0. The second-order valence-electron chi connectivity index (χ2n) is 5.71. The van der Waals surface area contributed by atoms with Crippen molar-refractivity contribution in [2.24, 2.45) is 5.92 Å². The molecule has 0 radical (unpaired) electrons. The molecule has 1 aliphatic rings. The highest BCUT2D eigenvalue weighted by Crippen LogP contribution is 2.44. The Morgan fingerprint density at radius 1 is 1.28 bits per heavy atom. The van der Waals surface area contributed by atoms with Crippen molar-refractivity contribution in [1.82, 2.24) is 0 Å². The molecule has 0 spiro atoms. The lowest BCUT2D eigenvalue weighted by Gasteiger charge is -2.25. The highest BCUT2D eigenvalue weighted by molar-refractivity contribution is 8.01. The van der Waals surface area contributed by atoms with Crippen molar-refractivity contribution in [3.8, 4) is 0 Å². The quantitative estimate of drug-likeness (QED) is 0.604. The molecule has 1 atom stereocenters. The second kappa shape index (κ2) is 5.35. The van der Waals surface area contributed by atoms with E-state index < -0.39 is 0 Å². The Morgan fingerprint density at radius 3 is 2.39 bits per heavy atom. The molecule has 2 nitrogen and oxygen atoms in total. The van der Waals surface area contributed by atoms with Gasteiger partial charge in [0, 0.05) is 10.7 Å². The van der Waals surface area contributed by atoms with Crippen LogP contribution < -0.4 is 0 Å². The maximum Gasteiger partial charge on any atom is 0.339 e. The van der Waals surface area contributed by atoms with E-state index in [-0.39, 0.29) is 16.2 Å². The number of thioether (sulfide) groups is 1. The molecular weight excluding hydrogens is 244 g/mol. The fourth-order valence-corrected chi connectivity index (χ4v) is 2.98. The molecule has 1 aromatic carbocycles. The van der Waals surface area contributed by atoms with E-state index in [1.165, 1.54) is 12.8 Å². The summed E-state index contributed by atoms with van der Waals surface area (Å²) in [5.41, 5.74) is 0.635. The summed E-state index contributed by atoms with van der Waals surface area (Å²) in [6.45, 7) is 6.47. The number of carbonyl (C=O) groups excluding carboxylic acids is 1. The molecule has 0 N–H and O–H groups in total. The zero-order valence-electron chi connectivity index (χ0n) is 11.2. The van der Waals surface area contributed by atoms with E-state index in [9.17, 15) is 4.79 Å². The number of hydrogen-bond acceptors (Lipinski definition) is 3. The van der Waals surface area contributed by atoms with Gasteiger partial charge >= 0.3 is 5.97 Å². The zero-order chi connectivity index (χ0) is 13.2. The molecule has 0 aromatic heterocycles. The molecule has 0 saturated heterocycles. The van der Waals surface area contributed by atoms with Crippen LogP contribution in [0.4, 0.5) is 0 Å². The smallest absolute Gasteiger partial charge is 0.339 e. The maximum atomic E-state index is 12.0. The predicted molar refractivity (Wildman–Crippen MR) is 75.7 cm³/mol. The molecule has 3 heteroatoms. The van der Waals surface area contributed by atoms with Gasteiger partial charge in [-0.25, -0.2) is 4.79 Å². The van der Waals surface area contributed by atoms with Gasteiger partial charge in [0.05, 0.1) is 5.56 Å². The van der Waals surface area contributed by atoms with Gasteiger partial charge in [0.25, 0.3) is 0 Å². The van der Waals surface area contributed by atoms with Crippen LogP contribution in [0.15, 0.2) is 30.3 Å². The summed E-state index contributed by atoms with van der Waals surface area (Å²) in [7, 11) is 0. The Hall–Kier alpha value is -0.960. The minimum Gasteiger partial charge on any atom is -0.447 e. The second-order valence-corrected chi connectivity index (χ2v) is 7.63. The van der Waals surface area contributed by atoms with E-state index in [4.69, 9.17) is 4.74 Å². The van der Waals surface area contributed by atoms with Gasteiger partial charge in [0.15, 0.2) is 5.44 Å².